The summed E-state index contributed by atoms with van der Waals surface area (Å²) in [6, 6.07) is 5.47. The van der Waals surface area contributed by atoms with Crippen LogP contribution >= 0.6 is 0 Å². The maximum absolute atomic E-state index is 13.4. The summed E-state index contributed by atoms with van der Waals surface area (Å²) in [6.45, 7) is 9.98. The van der Waals surface area contributed by atoms with Crippen LogP contribution in [0.5, 0.6) is 0 Å². The van der Waals surface area contributed by atoms with Crippen LogP contribution in [0.2, 0.25) is 0 Å². The van der Waals surface area contributed by atoms with Crippen molar-refractivity contribution in [1.82, 2.24) is 10.2 Å². The van der Waals surface area contributed by atoms with Crippen LogP contribution in [0.15, 0.2) is 18.2 Å². The van der Waals surface area contributed by atoms with Crippen molar-refractivity contribution in [2.75, 3.05) is 26.7 Å². The van der Waals surface area contributed by atoms with E-state index in [-0.39, 0.29) is 5.82 Å². The van der Waals surface area contributed by atoms with Gasteiger partial charge < -0.3 is 10.2 Å². The first-order valence-electron chi connectivity index (χ1n) is 6.63. The number of rotatable bonds is 7. The number of hydrogen-bond acceptors (Lipinski definition) is 2. The smallest absolute Gasteiger partial charge is 0.126 e. The number of nitrogens with one attached hydrogen (secondary N) is 1. The Labute approximate surface area is 110 Å². The van der Waals surface area contributed by atoms with Gasteiger partial charge in [0.1, 0.15) is 5.82 Å². The summed E-state index contributed by atoms with van der Waals surface area (Å²) in [6.07, 6.45) is 0. The lowest BCUT2D eigenvalue weighted by Crippen LogP contribution is -2.30. The third-order valence-electron chi connectivity index (χ3n) is 2.91. The molecule has 0 aliphatic rings. The van der Waals surface area contributed by atoms with Gasteiger partial charge in [-0.05, 0) is 43.6 Å². The number of nitrogens with zero attached hydrogens (tertiary/aromatic N) is 1. The molecule has 0 atom stereocenters. The van der Waals surface area contributed by atoms with Crippen LogP contribution in [0.3, 0.4) is 0 Å². The summed E-state index contributed by atoms with van der Waals surface area (Å²) < 4.78 is 13.4. The van der Waals surface area contributed by atoms with Gasteiger partial charge >= 0.3 is 0 Å². The Balaban J connectivity index is 2.31. The molecule has 0 radical (unpaired) electrons. The second kappa shape index (κ2) is 7.49. The Hall–Kier alpha value is -0.930. The molecular weight excluding hydrogens is 227 g/mol. The monoisotopic (exact) mass is 252 g/mol. The third-order valence-corrected chi connectivity index (χ3v) is 2.91. The third kappa shape index (κ3) is 5.61. The van der Waals surface area contributed by atoms with E-state index in [0.717, 1.165) is 31.7 Å². The SMILES string of the molecule is Cc1ccc(CN(C)CCNCC(C)C)cc1F. The molecule has 0 spiro atoms. The summed E-state index contributed by atoms with van der Waals surface area (Å²) in [5.41, 5.74) is 1.74. The second-order valence-electron chi connectivity index (χ2n) is 5.42. The van der Waals surface area contributed by atoms with E-state index < -0.39 is 0 Å². The Bertz CT molecular complexity index is 364. The van der Waals surface area contributed by atoms with Crippen molar-refractivity contribution in [2.24, 2.45) is 5.92 Å². The van der Waals surface area contributed by atoms with Crippen LogP contribution in [0.1, 0.15) is 25.0 Å². The van der Waals surface area contributed by atoms with Crippen LogP contribution in [0, 0.1) is 18.7 Å². The largest absolute Gasteiger partial charge is 0.315 e. The molecule has 0 aromatic heterocycles. The fourth-order valence-electron chi connectivity index (χ4n) is 1.79. The summed E-state index contributed by atoms with van der Waals surface area (Å²) in [7, 11) is 2.06. The molecule has 0 aliphatic heterocycles. The van der Waals surface area contributed by atoms with Crippen molar-refractivity contribution in [2.45, 2.75) is 27.3 Å². The quantitative estimate of drug-likeness (QED) is 0.751. The molecule has 1 aromatic carbocycles. The molecular formula is C15H25FN2. The molecule has 2 nitrogen and oxygen atoms in total. The average Bonchev–Trinajstić information content (AvgIpc) is 2.29. The highest BCUT2D eigenvalue weighted by atomic mass is 19.1. The molecule has 1 aromatic rings. The van der Waals surface area contributed by atoms with Gasteiger partial charge in [0, 0.05) is 19.6 Å². The minimum absolute atomic E-state index is 0.112. The number of benzene rings is 1. The van der Waals surface area contributed by atoms with Gasteiger partial charge in [-0.3, -0.25) is 0 Å². The lowest BCUT2D eigenvalue weighted by Gasteiger charge is -2.17. The van der Waals surface area contributed by atoms with Crippen molar-refractivity contribution in [1.29, 1.82) is 0 Å². The van der Waals surface area contributed by atoms with Crippen molar-refractivity contribution in [3.63, 3.8) is 0 Å². The van der Waals surface area contributed by atoms with E-state index in [4.69, 9.17) is 0 Å². The standard InChI is InChI=1S/C15H25FN2/c1-12(2)10-17-7-8-18(4)11-14-6-5-13(3)15(16)9-14/h5-6,9,12,17H,7-8,10-11H2,1-4H3. The molecule has 0 heterocycles. The number of hydrogen-bond donors (Lipinski definition) is 1. The topological polar surface area (TPSA) is 15.3 Å². The molecule has 0 aliphatic carbocycles. The van der Waals surface area contributed by atoms with E-state index in [1.807, 2.05) is 12.1 Å². The van der Waals surface area contributed by atoms with Gasteiger partial charge in [0.25, 0.3) is 0 Å². The Morgan fingerprint density at radius 2 is 2.06 bits per heavy atom. The fourth-order valence-corrected chi connectivity index (χ4v) is 1.79. The van der Waals surface area contributed by atoms with Crippen molar-refractivity contribution in [3.8, 4) is 0 Å². The molecule has 1 N–H and O–H groups in total. The molecule has 3 heteroatoms. The second-order valence-corrected chi connectivity index (χ2v) is 5.42. The molecule has 0 saturated carbocycles. The molecule has 0 amide bonds. The summed E-state index contributed by atoms with van der Waals surface area (Å²) in [5.74, 6) is 0.570. The van der Waals surface area contributed by atoms with Crippen molar-refractivity contribution in [3.05, 3.63) is 35.1 Å². The van der Waals surface area contributed by atoms with Crippen LogP contribution in [-0.2, 0) is 6.54 Å². The molecule has 0 fully saturated rings. The number of likely N-dealkylation sites (N-methyl/N-ethyl adjacent to an activating group) is 1. The minimum Gasteiger partial charge on any atom is -0.315 e. The highest BCUT2D eigenvalue weighted by Crippen LogP contribution is 2.10. The van der Waals surface area contributed by atoms with Crippen molar-refractivity contribution < 1.29 is 4.39 Å². The molecule has 0 saturated heterocycles. The predicted octanol–water partition coefficient (Wildman–Crippen LogP) is 2.81. The van der Waals surface area contributed by atoms with Crippen LogP contribution < -0.4 is 5.32 Å². The molecule has 1 rings (SSSR count). The predicted molar refractivity (Wildman–Crippen MR) is 75.2 cm³/mol. The van der Waals surface area contributed by atoms with Crippen molar-refractivity contribution >= 4 is 0 Å². The summed E-state index contributed by atoms with van der Waals surface area (Å²) in [5, 5.41) is 3.41. The first kappa shape index (κ1) is 15.1. The Morgan fingerprint density at radius 3 is 2.67 bits per heavy atom. The first-order valence-corrected chi connectivity index (χ1v) is 6.63. The lowest BCUT2D eigenvalue weighted by atomic mass is 10.1. The zero-order valence-electron chi connectivity index (χ0n) is 12.0. The number of halogens is 1. The maximum Gasteiger partial charge on any atom is 0.126 e. The van der Waals surface area contributed by atoms with Gasteiger partial charge in [-0.15, -0.1) is 0 Å². The number of aryl methyl sites for hydroxylation is 1. The van der Waals surface area contributed by atoms with Gasteiger partial charge in [-0.2, -0.15) is 0 Å². The molecule has 0 unspecified atom stereocenters. The van der Waals surface area contributed by atoms with E-state index in [9.17, 15) is 4.39 Å². The van der Waals surface area contributed by atoms with Gasteiger partial charge in [0.2, 0.25) is 0 Å². The average molecular weight is 252 g/mol. The van der Waals surface area contributed by atoms with E-state index in [0.29, 0.717) is 11.5 Å². The fraction of sp³-hybridized carbons (Fsp3) is 0.600. The molecule has 18 heavy (non-hydrogen) atoms. The Morgan fingerprint density at radius 1 is 1.33 bits per heavy atom. The van der Waals surface area contributed by atoms with Crippen LogP contribution in [0.25, 0.3) is 0 Å². The molecule has 0 bridgehead atoms. The van der Waals surface area contributed by atoms with E-state index in [1.54, 1.807) is 13.0 Å². The van der Waals surface area contributed by atoms with Gasteiger partial charge in [-0.25, -0.2) is 4.39 Å². The van der Waals surface area contributed by atoms with Gasteiger partial charge in [-0.1, -0.05) is 26.0 Å². The van der Waals surface area contributed by atoms with Crippen LogP contribution in [0.4, 0.5) is 4.39 Å². The van der Waals surface area contributed by atoms with Gasteiger partial charge in [0.05, 0.1) is 0 Å². The lowest BCUT2D eigenvalue weighted by molar-refractivity contribution is 0.321. The molecule has 102 valence electrons. The van der Waals surface area contributed by atoms with Crippen LogP contribution in [-0.4, -0.2) is 31.6 Å². The highest BCUT2D eigenvalue weighted by molar-refractivity contribution is 5.23. The minimum atomic E-state index is -0.112. The Kier molecular flexibility index (Phi) is 6.30. The normalized spacial score (nSPS) is 11.5. The summed E-state index contributed by atoms with van der Waals surface area (Å²) in [4.78, 5) is 2.21. The van der Waals surface area contributed by atoms with Gasteiger partial charge in [0.15, 0.2) is 0 Å². The van der Waals surface area contributed by atoms with E-state index >= 15 is 0 Å². The maximum atomic E-state index is 13.4. The zero-order valence-corrected chi connectivity index (χ0v) is 12.0. The summed E-state index contributed by atoms with van der Waals surface area (Å²) >= 11 is 0. The zero-order chi connectivity index (χ0) is 13.5. The van der Waals surface area contributed by atoms with E-state index in [2.05, 4.69) is 31.1 Å². The highest BCUT2D eigenvalue weighted by Gasteiger charge is 2.03. The first-order chi connectivity index (χ1) is 8.49. The van der Waals surface area contributed by atoms with E-state index in [1.165, 1.54) is 0 Å².